The Morgan fingerprint density at radius 2 is 2.00 bits per heavy atom. The molecule has 1 heterocycles. The van der Waals surface area contributed by atoms with Gasteiger partial charge in [0, 0.05) is 23.2 Å². The average Bonchev–Trinajstić information content (AvgIpc) is 2.15. The highest BCUT2D eigenvalue weighted by Gasteiger charge is 2.25. The van der Waals surface area contributed by atoms with E-state index in [-0.39, 0.29) is 5.41 Å². The zero-order chi connectivity index (χ0) is 11.1. The molecular formula is C13H17NO. The standard InChI is InChI=1S/C13H17NO/c1-13(2,3)12-11-8-10(15)5-4-9(11)6-7-14-12/h4-5,8,15H,6-7H2,1-3H3. The number of benzene rings is 1. The second kappa shape index (κ2) is 3.37. The molecule has 0 amide bonds. The molecule has 15 heavy (non-hydrogen) atoms. The summed E-state index contributed by atoms with van der Waals surface area (Å²) >= 11 is 0. The summed E-state index contributed by atoms with van der Waals surface area (Å²) < 4.78 is 0. The Morgan fingerprint density at radius 1 is 1.27 bits per heavy atom. The van der Waals surface area contributed by atoms with Crippen LogP contribution in [0.15, 0.2) is 23.2 Å². The van der Waals surface area contributed by atoms with Crippen molar-refractivity contribution in [3.63, 3.8) is 0 Å². The van der Waals surface area contributed by atoms with Crippen molar-refractivity contribution < 1.29 is 5.11 Å². The van der Waals surface area contributed by atoms with E-state index >= 15 is 0 Å². The molecule has 0 bridgehead atoms. The first kappa shape index (κ1) is 10.2. The lowest BCUT2D eigenvalue weighted by atomic mass is 9.82. The van der Waals surface area contributed by atoms with E-state index in [2.05, 4.69) is 25.8 Å². The van der Waals surface area contributed by atoms with Gasteiger partial charge in [0.2, 0.25) is 0 Å². The van der Waals surface area contributed by atoms with Crippen molar-refractivity contribution in [1.82, 2.24) is 0 Å². The Kier molecular flexibility index (Phi) is 2.29. The van der Waals surface area contributed by atoms with Gasteiger partial charge >= 0.3 is 0 Å². The number of nitrogens with zero attached hydrogens (tertiary/aromatic N) is 1. The number of rotatable bonds is 0. The van der Waals surface area contributed by atoms with Crippen LogP contribution in [0.5, 0.6) is 5.75 Å². The molecule has 0 atom stereocenters. The van der Waals surface area contributed by atoms with Crippen LogP contribution in [0.2, 0.25) is 0 Å². The van der Waals surface area contributed by atoms with Crippen LogP contribution >= 0.6 is 0 Å². The van der Waals surface area contributed by atoms with Crippen LogP contribution in [0, 0.1) is 5.41 Å². The van der Waals surface area contributed by atoms with Crippen molar-refractivity contribution in [3.8, 4) is 5.75 Å². The van der Waals surface area contributed by atoms with Crippen molar-refractivity contribution >= 4 is 5.71 Å². The number of fused-ring (bicyclic) bond motifs is 1. The van der Waals surface area contributed by atoms with Gasteiger partial charge in [0.25, 0.3) is 0 Å². The molecular weight excluding hydrogens is 186 g/mol. The van der Waals surface area contributed by atoms with Gasteiger partial charge in [0.1, 0.15) is 5.75 Å². The summed E-state index contributed by atoms with van der Waals surface area (Å²) in [4.78, 5) is 4.59. The van der Waals surface area contributed by atoms with E-state index in [1.807, 2.05) is 12.1 Å². The van der Waals surface area contributed by atoms with Gasteiger partial charge in [-0.3, -0.25) is 4.99 Å². The molecule has 0 saturated heterocycles. The lowest BCUT2D eigenvalue weighted by molar-refractivity contribution is 0.474. The van der Waals surface area contributed by atoms with E-state index in [4.69, 9.17) is 0 Å². The molecule has 0 aromatic heterocycles. The number of aromatic hydroxyl groups is 1. The van der Waals surface area contributed by atoms with E-state index in [0.717, 1.165) is 24.2 Å². The molecule has 2 rings (SSSR count). The minimum absolute atomic E-state index is 0.0446. The number of phenols is 1. The van der Waals surface area contributed by atoms with Crippen molar-refractivity contribution in [2.75, 3.05) is 6.54 Å². The third kappa shape index (κ3) is 1.89. The number of hydrogen-bond acceptors (Lipinski definition) is 2. The summed E-state index contributed by atoms with van der Waals surface area (Å²) in [5.74, 6) is 0.326. The highest BCUT2D eigenvalue weighted by atomic mass is 16.3. The smallest absolute Gasteiger partial charge is 0.116 e. The van der Waals surface area contributed by atoms with E-state index < -0.39 is 0 Å². The molecule has 0 radical (unpaired) electrons. The second-order valence-corrected chi connectivity index (χ2v) is 5.07. The summed E-state index contributed by atoms with van der Waals surface area (Å²) in [6, 6.07) is 5.59. The van der Waals surface area contributed by atoms with Gasteiger partial charge in [-0.25, -0.2) is 0 Å². The maximum absolute atomic E-state index is 9.52. The molecule has 1 aromatic rings. The van der Waals surface area contributed by atoms with Crippen molar-refractivity contribution in [3.05, 3.63) is 29.3 Å². The molecule has 1 N–H and O–H groups in total. The van der Waals surface area contributed by atoms with Gasteiger partial charge < -0.3 is 5.11 Å². The molecule has 2 nitrogen and oxygen atoms in total. The summed E-state index contributed by atoms with van der Waals surface area (Å²) in [7, 11) is 0. The topological polar surface area (TPSA) is 32.6 Å². The number of phenolic OH excluding ortho intramolecular Hbond substituents is 1. The molecule has 80 valence electrons. The summed E-state index contributed by atoms with van der Waals surface area (Å²) in [5, 5.41) is 9.52. The maximum atomic E-state index is 9.52. The predicted octanol–water partition coefficient (Wildman–Crippen LogP) is 2.78. The van der Waals surface area contributed by atoms with E-state index in [1.165, 1.54) is 5.56 Å². The van der Waals surface area contributed by atoms with Crippen LogP contribution in [0.4, 0.5) is 0 Å². The monoisotopic (exact) mass is 203 g/mol. The predicted molar refractivity (Wildman–Crippen MR) is 62.7 cm³/mol. The normalized spacial score (nSPS) is 15.8. The van der Waals surface area contributed by atoms with Crippen LogP contribution < -0.4 is 0 Å². The van der Waals surface area contributed by atoms with Gasteiger partial charge in [0.05, 0.1) is 0 Å². The highest BCUT2D eigenvalue weighted by Crippen LogP contribution is 2.29. The van der Waals surface area contributed by atoms with Gasteiger partial charge in [-0.05, 0) is 24.1 Å². The summed E-state index contributed by atoms with van der Waals surface area (Å²) in [6.07, 6.45) is 0.981. The Bertz CT molecular complexity index is 413. The molecule has 0 fully saturated rings. The van der Waals surface area contributed by atoms with E-state index in [1.54, 1.807) is 6.07 Å². The lowest BCUT2D eigenvalue weighted by Gasteiger charge is -2.27. The first-order valence-electron chi connectivity index (χ1n) is 5.36. The Balaban J connectivity index is 2.54. The van der Waals surface area contributed by atoms with Crippen LogP contribution in [-0.4, -0.2) is 17.4 Å². The third-order valence-corrected chi connectivity index (χ3v) is 2.71. The quantitative estimate of drug-likeness (QED) is 0.691. The first-order chi connectivity index (χ1) is 6.98. The third-order valence-electron chi connectivity index (χ3n) is 2.71. The fourth-order valence-corrected chi connectivity index (χ4v) is 2.02. The SMILES string of the molecule is CC(C)(C)C1=NCCc2ccc(O)cc21. The van der Waals surface area contributed by atoms with E-state index in [9.17, 15) is 5.11 Å². The zero-order valence-electron chi connectivity index (χ0n) is 9.54. The van der Waals surface area contributed by atoms with Crippen LogP contribution in [0.25, 0.3) is 0 Å². The fourth-order valence-electron chi connectivity index (χ4n) is 2.02. The highest BCUT2D eigenvalue weighted by molar-refractivity contribution is 6.06. The molecule has 2 heteroatoms. The fraction of sp³-hybridized carbons (Fsp3) is 0.462. The summed E-state index contributed by atoms with van der Waals surface area (Å²) in [6.45, 7) is 7.34. The zero-order valence-corrected chi connectivity index (χ0v) is 9.54. The first-order valence-corrected chi connectivity index (χ1v) is 5.36. The average molecular weight is 203 g/mol. The van der Waals surface area contributed by atoms with Crippen molar-refractivity contribution in [2.45, 2.75) is 27.2 Å². The van der Waals surface area contributed by atoms with Crippen LogP contribution in [-0.2, 0) is 6.42 Å². The van der Waals surface area contributed by atoms with Crippen molar-refractivity contribution in [2.24, 2.45) is 10.4 Å². The molecule has 0 spiro atoms. The Morgan fingerprint density at radius 3 is 2.67 bits per heavy atom. The molecule has 1 aliphatic rings. The minimum atomic E-state index is 0.0446. The maximum Gasteiger partial charge on any atom is 0.116 e. The summed E-state index contributed by atoms with van der Waals surface area (Å²) in [5.41, 5.74) is 3.57. The minimum Gasteiger partial charge on any atom is -0.508 e. The largest absolute Gasteiger partial charge is 0.508 e. The molecule has 1 aromatic carbocycles. The number of aliphatic imine (C=N–C) groups is 1. The van der Waals surface area contributed by atoms with Gasteiger partial charge in [0.15, 0.2) is 0 Å². The molecule has 1 aliphatic heterocycles. The molecule has 0 saturated carbocycles. The molecule has 0 unspecified atom stereocenters. The van der Waals surface area contributed by atoms with Crippen molar-refractivity contribution in [1.29, 1.82) is 0 Å². The van der Waals surface area contributed by atoms with Crippen LogP contribution in [0.3, 0.4) is 0 Å². The van der Waals surface area contributed by atoms with Gasteiger partial charge in [-0.15, -0.1) is 0 Å². The second-order valence-electron chi connectivity index (χ2n) is 5.07. The van der Waals surface area contributed by atoms with Gasteiger partial charge in [-0.1, -0.05) is 26.8 Å². The lowest BCUT2D eigenvalue weighted by Crippen LogP contribution is -2.26. The van der Waals surface area contributed by atoms with E-state index in [0.29, 0.717) is 5.75 Å². The Labute approximate surface area is 90.7 Å². The Hall–Kier alpha value is -1.31. The van der Waals surface area contributed by atoms with Crippen LogP contribution in [0.1, 0.15) is 31.9 Å². The van der Waals surface area contributed by atoms with Gasteiger partial charge in [-0.2, -0.15) is 0 Å². The molecule has 0 aliphatic carbocycles. The number of hydrogen-bond donors (Lipinski definition) is 1.